The second-order valence-corrected chi connectivity index (χ2v) is 4.94. The molecule has 22 heavy (non-hydrogen) atoms. The predicted molar refractivity (Wildman–Crippen MR) is 82.5 cm³/mol. The fourth-order valence-electron chi connectivity index (χ4n) is 2.19. The molecule has 112 valence electrons. The van der Waals surface area contributed by atoms with Crippen molar-refractivity contribution in [3.8, 4) is 11.5 Å². The molecule has 0 amide bonds. The van der Waals surface area contributed by atoms with E-state index in [0.717, 1.165) is 16.9 Å². The van der Waals surface area contributed by atoms with Crippen LogP contribution in [0.1, 0.15) is 24.2 Å². The maximum atomic E-state index is 11.9. The van der Waals surface area contributed by atoms with Crippen molar-refractivity contribution in [3.63, 3.8) is 0 Å². The first-order valence-corrected chi connectivity index (χ1v) is 7.05. The van der Waals surface area contributed by atoms with Crippen LogP contribution in [0, 0.1) is 0 Å². The molecule has 1 aliphatic rings. The average Bonchev–Trinajstić information content (AvgIpc) is 3.01. The molecule has 0 fully saturated rings. The van der Waals surface area contributed by atoms with Crippen molar-refractivity contribution in [1.29, 1.82) is 0 Å². The normalized spacial score (nSPS) is 14.0. The molecule has 1 atom stereocenters. The Bertz CT molecular complexity index is 691. The Morgan fingerprint density at radius 1 is 1.14 bits per heavy atom. The Balaban J connectivity index is 1.62. The summed E-state index contributed by atoms with van der Waals surface area (Å²) in [7, 11) is 0. The second-order valence-electron chi connectivity index (χ2n) is 4.94. The van der Waals surface area contributed by atoms with Crippen molar-refractivity contribution in [2.45, 2.75) is 13.0 Å². The summed E-state index contributed by atoms with van der Waals surface area (Å²) in [6.07, 6.45) is 2.83. The second kappa shape index (κ2) is 6.35. The van der Waals surface area contributed by atoms with Crippen molar-refractivity contribution in [1.82, 2.24) is 0 Å². The van der Waals surface area contributed by atoms with Crippen LogP contribution in [-0.4, -0.2) is 12.8 Å². The van der Waals surface area contributed by atoms with Gasteiger partial charge in [-0.3, -0.25) is 0 Å². The van der Waals surface area contributed by atoms with Gasteiger partial charge in [0, 0.05) is 6.08 Å². The summed E-state index contributed by atoms with van der Waals surface area (Å²) in [5, 5.41) is 0. The molecule has 0 spiro atoms. The molecule has 0 aromatic heterocycles. The summed E-state index contributed by atoms with van der Waals surface area (Å²) >= 11 is 0. The molecule has 0 radical (unpaired) electrons. The molecule has 4 nitrogen and oxygen atoms in total. The number of benzene rings is 2. The van der Waals surface area contributed by atoms with Gasteiger partial charge in [-0.15, -0.1) is 0 Å². The fraction of sp³-hybridized carbons (Fsp3) is 0.167. The van der Waals surface area contributed by atoms with Crippen LogP contribution in [0.25, 0.3) is 6.08 Å². The van der Waals surface area contributed by atoms with Crippen LogP contribution in [0.2, 0.25) is 0 Å². The van der Waals surface area contributed by atoms with Gasteiger partial charge in [0.05, 0.1) is 0 Å². The van der Waals surface area contributed by atoms with Gasteiger partial charge in [-0.25, -0.2) is 4.79 Å². The van der Waals surface area contributed by atoms with Crippen LogP contribution in [0.4, 0.5) is 0 Å². The van der Waals surface area contributed by atoms with E-state index >= 15 is 0 Å². The Morgan fingerprint density at radius 3 is 2.73 bits per heavy atom. The quantitative estimate of drug-likeness (QED) is 0.637. The number of hydrogen-bond donors (Lipinski definition) is 0. The number of hydrogen-bond acceptors (Lipinski definition) is 4. The standard InChI is InChI=1S/C18H16O4/c1-13(15-5-3-2-4-6-15)22-18(19)10-8-14-7-9-16-17(11-14)21-12-20-16/h2-11,13H,12H2,1H3/b10-8+/t13-/m1/s1. The molecule has 4 heteroatoms. The molecule has 0 N–H and O–H groups in total. The zero-order chi connectivity index (χ0) is 15.4. The number of ether oxygens (including phenoxy) is 3. The molecule has 2 aromatic carbocycles. The number of carbonyl (C=O) groups is 1. The number of fused-ring (bicyclic) bond motifs is 1. The summed E-state index contributed by atoms with van der Waals surface area (Å²) in [5.74, 6) is 1.03. The molecule has 0 bridgehead atoms. The van der Waals surface area contributed by atoms with E-state index in [9.17, 15) is 4.79 Å². The van der Waals surface area contributed by atoms with E-state index in [4.69, 9.17) is 14.2 Å². The lowest BCUT2D eigenvalue weighted by Gasteiger charge is -2.11. The summed E-state index contributed by atoms with van der Waals surface area (Å²) in [4.78, 5) is 11.9. The van der Waals surface area contributed by atoms with Crippen LogP contribution < -0.4 is 9.47 Å². The van der Waals surface area contributed by atoms with Gasteiger partial charge in [-0.2, -0.15) is 0 Å². The van der Waals surface area contributed by atoms with E-state index in [1.54, 1.807) is 6.08 Å². The zero-order valence-corrected chi connectivity index (χ0v) is 12.2. The highest BCUT2D eigenvalue weighted by Crippen LogP contribution is 2.32. The first kappa shape index (κ1) is 14.2. The minimum absolute atomic E-state index is 0.235. The summed E-state index contributed by atoms with van der Waals surface area (Å²) in [6, 6.07) is 15.1. The molecule has 0 saturated heterocycles. The van der Waals surface area contributed by atoms with E-state index in [2.05, 4.69) is 0 Å². The van der Waals surface area contributed by atoms with Gasteiger partial charge in [0.15, 0.2) is 11.5 Å². The summed E-state index contributed by atoms with van der Waals surface area (Å²) in [6.45, 7) is 2.08. The van der Waals surface area contributed by atoms with Crippen molar-refractivity contribution >= 4 is 12.0 Å². The number of esters is 1. The number of rotatable bonds is 4. The lowest BCUT2D eigenvalue weighted by molar-refractivity contribution is -0.142. The van der Waals surface area contributed by atoms with Crippen molar-refractivity contribution < 1.29 is 19.0 Å². The van der Waals surface area contributed by atoms with Crippen LogP contribution in [0.3, 0.4) is 0 Å². The number of carbonyl (C=O) groups excluding carboxylic acids is 1. The Kier molecular flexibility index (Phi) is 4.10. The van der Waals surface area contributed by atoms with E-state index in [1.165, 1.54) is 6.08 Å². The van der Waals surface area contributed by atoms with E-state index in [0.29, 0.717) is 5.75 Å². The van der Waals surface area contributed by atoms with Crippen LogP contribution in [-0.2, 0) is 9.53 Å². The van der Waals surface area contributed by atoms with E-state index in [1.807, 2.05) is 55.5 Å². The highest BCUT2D eigenvalue weighted by molar-refractivity contribution is 5.87. The predicted octanol–water partition coefficient (Wildman–Crippen LogP) is 3.73. The van der Waals surface area contributed by atoms with Gasteiger partial charge in [0.2, 0.25) is 6.79 Å². The SMILES string of the molecule is C[C@@H](OC(=O)/C=C/c1ccc2c(c1)OCO2)c1ccccc1. The van der Waals surface area contributed by atoms with Gasteiger partial charge < -0.3 is 14.2 Å². The van der Waals surface area contributed by atoms with Gasteiger partial charge in [-0.1, -0.05) is 36.4 Å². The Hall–Kier alpha value is -2.75. The lowest BCUT2D eigenvalue weighted by atomic mass is 10.1. The van der Waals surface area contributed by atoms with E-state index in [-0.39, 0.29) is 18.9 Å². The topological polar surface area (TPSA) is 44.8 Å². The van der Waals surface area contributed by atoms with Gasteiger partial charge in [0.1, 0.15) is 6.10 Å². The minimum Gasteiger partial charge on any atom is -0.455 e. The average molecular weight is 296 g/mol. The molecular formula is C18H16O4. The monoisotopic (exact) mass is 296 g/mol. The maximum Gasteiger partial charge on any atom is 0.331 e. The third kappa shape index (κ3) is 3.28. The molecule has 0 saturated carbocycles. The highest BCUT2D eigenvalue weighted by atomic mass is 16.7. The molecular weight excluding hydrogens is 280 g/mol. The maximum absolute atomic E-state index is 11.9. The van der Waals surface area contributed by atoms with Crippen molar-refractivity contribution in [2.75, 3.05) is 6.79 Å². The summed E-state index contributed by atoms with van der Waals surface area (Å²) < 4.78 is 15.9. The molecule has 3 rings (SSSR count). The third-order valence-corrected chi connectivity index (χ3v) is 3.37. The van der Waals surface area contributed by atoms with Crippen LogP contribution >= 0.6 is 0 Å². The Labute approximate surface area is 128 Å². The first-order chi connectivity index (χ1) is 10.7. The Morgan fingerprint density at radius 2 is 1.91 bits per heavy atom. The van der Waals surface area contributed by atoms with Crippen LogP contribution in [0.15, 0.2) is 54.6 Å². The smallest absolute Gasteiger partial charge is 0.331 e. The summed E-state index contributed by atoms with van der Waals surface area (Å²) in [5.41, 5.74) is 1.82. The molecule has 2 aromatic rings. The largest absolute Gasteiger partial charge is 0.455 e. The lowest BCUT2D eigenvalue weighted by Crippen LogP contribution is -2.05. The molecule has 0 unspecified atom stereocenters. The first-order valence-electron chi connectivity index (χ1n) is 7.05. The van der Waals surface area contributed by atoms with Crippen molar-refractivity contribution in [3.05, 3.63) is 65.7 Å². The zero-order valence-electron chi connectivity index (χ0n) is 12.2. The molecule has 1 aliphatic heterocycles. The van der Waals surface area contributed by atoms with Gasteiger partial charge in [-0.05, 0) is 36.3 Å². The molecule has 0 aliphatic carbocycles. The van der Waals surface area contributed by atoms with Gasteiger partial charge >= 0.3 is 5.97 Å². The fourth-order valence-corrected chi connectivity index (χ4v) is 2.19. The van der Waals surface area contributed by atoms with Gasteiger partial charge in [0.25, 0.3) is 0 Å². The third-order valence-electron chi connectivity index (χ3n) is 3.37. The van der Waals surface area contributed by atoms with Crippen LogP contribution in [0.5, 0.6) is 11.5 Å². The molecule has 1 heterocycles. The van der Waals surface area contributed by atoms with E-state index < -0.39 is 0 Å². The highest BCUT2D eigenvalue weighted by Gasteiger charge is 2.13. The van der Waals surface area contributed by atoms with Crippen molar-refractivity contribution in [2.24, 2.45) is 0 Å². The minimum atomic E-state index is -0.381.